The molecule has 0 unspecified atom stereocenters. The molecule has 0 atom stereocenters. The van der Waals surface area contributed by atoms with Crippen molar-refractivity contribution in [1.29, 1.82) is 0 Å². The van der Waals surface area contributed by atoms with Crippen molar-refractivity contribution >= 4 is 0 Å². The first-order valence-corrected chi connectivity index (χ1v) is 7.95. The molecule has 126 valence electrons. The fraction of sp³-hybridized carbons (Fsp3) is 0.167. The third-order valence-corrected chi connectivity index (χ3v) is 3.83. The van der Waals surface area contributed by atoms with Crippen LogP contribution in [0.3, 0.4) is 0 Å². The van der Waals surface area contributed by atoms with Gasteiger partial charge in [-0.3, -0.25) is 4.57 Å². The van der Waals surface area contributed by atoms with Gasteiger partial charge in [0.05, 0.1) is 0 Å². The average Bonchev–Trinajstić information content (AvgIpc) is 3.41. The van der Waals surface area contributed by atoms with Gasteiger partial charge in [0.15, 0.2) is 17.4 Å². The molecule has 0 saturated carbocycles. The molecule has 4 rings (SSSR count). The number of aromatic nitrogens is 4. The molecule has 0 spiro atoms. The Bertz CT molecular complexity index is 999. The quantitative estimate of drug-likeness (QED) is 0.602. The van der Waals surface area contributed by atoms with Gasteiger partial charge in [-0.1, -0.05) is 18.1 Å². The van der Waals surface area contributed by atoms with Gasteiger partial charge in [-0.25, -0.2) is 4.98 Å². The number of aliphatic hydroxyl groups is 1. The molecule has 0 radical (unpaired) electrons. The highest BCUT2D eigenvalue weighted by Crippen LogP contribution is 2.26. The molecule has 1 aromatic carbocycles. The summed E-state index contributed by atoms with van der Waals surface area (Å²) in [5.74, 6) is 2.90. The summed E-state index contributed by atoms with van der Waals surface area (Å²) < 4.78 is 12.8. The zero-order valence-corrected chi connectivity index (χ0v) is 13.6. The van der Waals surface area contributed by atoms with E-state index in [0.717, 1.165) is 17.7 Å². The minimum Gasteiger partial charge on any atom is -0.455 e. The minimum absolute atomic E-state index is 0.146. The fourth-order valence-electron chi connectivity index (χ4n) is 2.58. The van der Waals surface area contributed by atoms with Gasteiger partial charge >= 0.3 is 0 Å². The SMILES string of the molecule is CCc1noc(-c2cccc(-n3ccnc3-c3ccc(CO)o3)c2)n1. The number of aliphatic hydroxyl groups excluding tert-OH is 1. The Balaban J connectivity index is 1.73. The second kappa shape index (κ2) is 6.37. The Morgan fingerprint density at radius 3 is 2.88 bits per heavy atom. The average molecular weight is 336 g/mol. The maximum absolute atomic E-state index is 9.18. The van der Waals surface area contributed by atoms with Crippen LogP contribution in [0.5, 0.6) is 0 Å². The van der Waals surface area contributed by atoms with Gasteiger partial charge in [-0.2, -0.15) is 4.98 Å². The fourth-order valence-corrected chi connectivity index (χ4v) is 2.58. The van der Waals surface area contributed by atoms with Crippen LogP contribution in [0.4, 0.5) is 0 Å². The van der Waals surface area contributed by atoms with Crippen LogP contribution in [0.15, 0.2) is 57.7 Å². The van der Waals surface area contributed by atoms with Crippen molar-refractivity contribution in [2.45, 2.75) is 20.0 Å². The largest absolute Gasteiger partial charge is 0.455 e. The van der Waals surface area contributed by atoms with Crippen LogP contribution in [0.2, 0.25) is 0 Å². The van der Waals surface area contributed by atoms with E-state index >= 15 is 0 Å². The first kappa shape index (κ1) is 15.3. The van der Waals surface area contributed by atoms with E-state index in [2.05, 4.69) is 15.1 Å². The molecule has 25 heavy (non-hydrogen) atoms. The lowest BCUT2D eigenvalue weighted by molar-refractivity contribution is 0.248. The smallest absolute Gasteiger partial charge is 0.257 e. The molecule has 4 aromatic rings. The van der Waals surface area contributed by atoms with Crippen LogP contribution in [0, 0.1) is 0 Å². The summed E-state index contributed by atoms with van der Waals surface area (Å²) in [6.07, 6.45) is 4.27. The number of rotatable bonds is 5. The molecule has 0 bridgehead atoms. The second-order valence-corrected chi connectivity index (χ2v) is 5.46. The van der Waals surface area contributed by atoms with Gasteiger partial charge in [0.25, 0.3) is 5.89 Å². The minimum atomic E-state index is -0.146. The van der Waals surface area contributed by atoms with Crippen LogP contribution in [-0.2, 0) is 13.0 Å². The highest BCUT2D eigenvalue weighted by molar-refractivity contribution is 5.60. The molecule has 1 N–H and O–H groups in total. The van der Waals surface area contributed by atoms with E-state index in [-0.39, 0.29) is 6.61 Å². The van der Waals surface area contributed by atoms with Gasteiger partial charge in [0.1, 0.15) is 12.4 Å². The number of benzene rings is 1. The molecule has 0 aliphatic heterocycles. The van der Waals surface area contributed by atoms with Crippen LogP contribution >= 0.6 is 0 Å². The Hall–Kier alpha value is -3.19. The highest BCUT2D eigenvalue weighted by Gasteiger charge is 2.14. The van der Waals surface area contributed by atoms with Crippen LogP contribution in [-0.4, -0.2) is 24.8 Å². The standard InChI is InChI=1S/C18H16N4O3/c1-2-16-20-18(25-21-16)12-4-3-5-13(10-12)22-9-8-19-17(22)15-7-6-14(11-23)24-15/h3-10,23H,2,11H2,1H3. The maximum atomic E-state index is 9.18. The molecule has 3 heterocycles. The molecule has 0 saturated heterocycles. The molecule has 0 aliphatic carbocycles. The molecule has 0 amide bonds. The van der Waals surface area contributed by atoms with Crippen LogP contribution in [0.25, 0.3) is 28.7 Å². The topological polar surface area (TPSA) is 90.1 Å². The van der Waals surface area contributed by atoms with Crippen LogP contribution < -0.4 is 0 Å². The summed E-state index contributed by atoms with van der Waals surface area (Å²) in [5.41, 5.74) is 1.73. The van der Waals surface area contributed by atoms with Gasteiger partial charge < -0.3 is 14.0 Å². The summed E-state index contributed by atoms with van der Waals surface area (Å²) in [5, 5.41) is 13.1. The van der Waals surface area contributed by atoms with Crippen LogP contribution in [0.1, 0.15) is 18.5 Å². The van der Waals surface area contributed by atoms with Crippen molar-refractivity contribution in [3.63, 3.8) is 0 Å². The Morgan fingerprint density at radius 1 is 1.20 bits per heavy atom. The number of hydrogen-bond donors (Lipinski definition) is 1. The van der Waals surface area contributed by atoms with E-state index in [1.165, 1.54) is 0 Å². The predicted molar refractivity (Wildman–Crippen MR) is 89.9 cm³/mol. The third kappa shape index (κ3) is 2.85. The first-order valence-electron chi connectivity index (χ1n) is 7.95. The molecule has 7 heteroatoms. The van der Waals surface area contributed by atoms with E-state index in [1.807, 2.05) is 42.0 Å². The van der Waals surface area contributed by atoms with E-state index in [9.17, 15) is 5.11 Å². The lowest BCUT2D eigenvalue weighted by atomic mass is 10.2. The molecular formula is C18H16N4O3. The molecule has 7 nitrogen and oxygen atoms in total. The van der Waals surface area contributed by atoms with Gasteiger partial charge in [0.2, 0.25) is 0 Å². The molecule has 0 aliphatic rings. The van der Waals surface area contributed by atoms with E-state index in [1.54, 1.807) is 18.3 Å². The molecule has 3 aromatic heterocycles. The first-order chi connectivity index (χ1) is 12.3. The second-order valence-electron chi connectivity index (χ2n) is 5.46. The Kier molecular flexibility index (Phi) is 3.91. The monoisotopic (exact) mass is 336 g/mol. The van der Waals surface area contributed by atoms with E-state index in [4.69, 9.17) is 8.94 Å². The molecule has 0 fully saturated rings. The lowest BCUT2D eigenvalue weighted by Crippen LogP contribution is -1.96. The van der Waals surface area contributed by atoms with Crippen molar-refractivity contribution in [3.8, 4) is 28.7 Å². The van der Waals surface area contributed by atoms with Gasteiger partial charge in [-0.15, -0.1) is 0 Å². The third-order valence-electron chi connectivity index (χ3n) is 3.83. The molecular weight excluding hydrogens is 320 g/mol. The number of nitrogens with zero attached hydrogens (tertiary/aromatic N) is 4. The van der Waals surface area contributed by atoms with E-state index < -0.39 is 0 Å². The zero-order valence-electron chi connectivity index (χ0n) is 13.6. The van der Waals surface area contributed by atoms with Gasteiger partial charge in [-0.05, 0) is 30.3 Å². The number of aryl methyl sites for hydroxylation is 1. The summed E-state index contributed by atoms with van der Waals surface area (Å²) in [7, 11) is 0. The van der Waals surface area contributed by atoms with Crippen molar-refractivity contribution < 1.29 is 14.0 Å². The number of hydrogen-bond acceptors (Lipinski definition) is 6. The predicted octanol–water partition coefficient (Wildman–Crippen LogP) is 3.24. The van der Waals surface area contributed by atoms with E-state index in [0.29, 0.717) is 29.1 Å². The number of furan rings is 1. The summed E-state index contributed by atoms with van der Waals surface area (Å²) in [6.45, 7) is 1.83. The van der Waals surface area contributed by atoms with Crippen molar-refractivity contribution in [2.24, 2.45) is 0 Å². The zero-order chi connectivity index (χ0) is 17.2. The summed E-state index contributed by atoms with van der Waals surface area (Å²) in [6, 6.07) is 11.3. The maximum Gasteiger partial charge on any atom is 0.257 e. The van der Waals surface area contributed by atoms with Gasteiger partial charge in [0, 0.05) is 30.1 Å². The lowest BCUT2D eigenvalue weighted by Gasteiger charge is -2.07. The highest BCUT2D eigenvalue weighted by atomic mass is 16.5. The normalized spacial score (nSPS) is 11.1. The van der Waals surface area contributed by atoms with Crippen molar-refractivity contribution in [2.75, 3.05) is 0 Å². The summed E-state index contributed by atoms with van der Waals surface area (Å²) >= 11 is 0. The summed E-state index contributed by atoms with van der Waals surface area (Å²) in [4.78, 5) is 8.73. The number of imidazole rings is 1. The Labute approximate surface area is 143 Å². The van der Waals surface area contributed by atoms with Crippen molar-refractivity contribution in [1.82, 2.24) is 19.7 Å². The Morgan fingerprint density at radius 2 is 2.12 bits per heavy atom. The van der Waals surface area contributed by atoms with Crippen molar-refractivity contribution in [3.05, 3.63) is 60.4 Å².